The Balaban J connectivity index is 0. The summed E-state index contributed by atoms with van der Waals surface area (Å²) in [6.07, 6.45) is 2.94. The molecule has 0 aromatic carbocycles. The number of hydrogen-bond donors (Lipinski definition) is 0. The zero-order valence-electron chi connectivity index (χ0n) is 4.58. The predicted molar refractivity (Wildman–Crippen MR) is 23.8 cm³/mol. The van der Waals surface area contributed by atoms with Gasteiger partial charge in [-0.3, -0.25) is 5.57 Å². The van der Waals surface area contributed by atoms with Gasteiger partial charge in [0.15, 0.2) is 0 Å². The van der Waals surface area contributed by atoms with Crippen LogP contribution in [0.3, 0.4) is 0 Å². The van der Waals surface area contributed by atoms with E-state index in [9.17, 15) is 0 Å². The van der Waals surface area contributed by atoms with Crippen LogP contribution in [0.1, 0.15) is 20.8 Å². The summed E-state index contributed by atoms with van der Waals surface area (Å²) >= 11 is 0. The van der Waals surface area contributed by atoms with E-state index in [2.05, 4.69) is 6.08 Å². The molecular weight excluding hydrogens is 149 g/mol. The number of allylic oxidation sites excluding steroid dienone is 2. The molecule has 0 nitrogen and oxygen atoms in total. The van der Waals surface area contributed by atoms with Gasteiger partial charge in [-0.1, -0.05) is 13.8 Å². The minimum Gasteiger partial charge on any atom is -0.501 e. The predicted octanol–water partition coefficient (Wildman–Crippen LogP) is 1.77. The second kappa shape index (κ2) is 5.84. The maximum absolute atomic E-state index is 2.94. The van der Waals surface area contributed by atoms with Crippen molar-refractivity contribution in [2.75, 3.05) is 0 Å². The molecule has 0 atom stereocenters. The van der Waals surface area contributed by atoms with E-state index in [1.807, 2.05) is 20.8 Å². The molecular formula is C5H9Y-. The molecule has 0 fully saturated rings. The molecule has 0 aromatic heterocycles. The molecule has 0 N–H and O–H groups in total. The van der Waals surface area contributed by atoms with Crippen LogP contribution in [-0.2, 0) is 32.7 Å². The molecule has 0 aliphatic carbocycles. The molecule has 0 spiro atoms. The van der Waals surface area contributed by atoms with Gasteiger partial charge in [-0.25, -0.2) is 0 Å². The van der Waals surface area contributed by atoms with Crippen LogP contribution in [0.25, 0.3) is 0 Å². The molecule has 33 valence electrons. The fourth-order valence-electron chi connectivity index (χ4n) is 0. The Morgan fingerprint density at radius 2 is 1.50 bits per heavy atom. The Labute approximate surface area is 64.9 Å². The van der Waals surface area contributed by atoms with Crippen molar-refractivity contribution in [3.8, 4) is 0 Å². The van der Waals surface area contributed by atoms with E-state index in [1.165, 1.54) is 5.57 Å². The summed E-state index contributed by atoms with van der Waals surface area (Å²) in [6, 6.07) is 0. The third-order valence-electron chi connectivity index (χ3n) is 0.500. The molecule has 0 saturated carbocycles. The molecule has 0 aliphatic rings. The van der Waals surface area contributed by atoms with Crippen LogP contribution < -0.4 is 0 Å². The average molecular weight is 158 g/mol. The fourth-order valence-corrected chi connectivity index (χ4v) is 0. The number of rotatable bonds is 0. The van der Waals surface area contributed by atoms with Gasteiger partial charge in [0.2, 0.25) is 0 Å². The minimum atomic E-state index is 0. The van der Waals surface area contributed by atoms with E-state index in [0.29, 0.717) is 0 Å². The quantitative estimate of drug-likeness (QED) is 0.471. The second-order valence-electron chi connectivity index (χ2n) is 1.25. The van der Waals surface area contributed by atoms with E-state index in [1.54, 1.807) is 0 Å². The van der Waals surface area contributed by atoms with Gasteiger partial charge >= 0.3 is 0 Å². The van der Waals surface area contributed by atoms with Gasteiger partial charge in [0.05, 0.1) is 0 Å². The van der Waals surface area contributed by atoms with E-state index in [-0.39, 0.29) is 32.7 Å². The molecule has 0 bridgehead atoms. The van der Waals surface area contributed by atoms with Gasteiger partial charge in [-0.2, -0.15) is 6.92 Å². The van der Waals surface area contributed by atoms with Crippen LogP contribution in [0.2, 0.25) is 0 Å². The Hall–Kier alpha value is 0.844. The monoisotopic (exact) mass is 158 g/mol. The first kappa shape index (κ1) is 9.96. The van der Waals surface area contributed by atoms with Crippen molar-refractivity contribution in [2.24, 2.45) is 0 Å². The maximum Gasteiger partial charge on any atom is 0 e. The van der Waals surface area contributed by atoms with Gasteiger partial charge in [0, 0.05) is 32.7 Å². The topological polar surface area (TPSA) is 0 Å². The van der Waals surface area contributed by atoms with Crippen LogP contribution in [0, 0.1) is 6.08 Å². The molecule has 0 aliphatic heterocycles. The Kier molecular flexibility index (Phi) is 9.70. The fraction of sp³-hybridized carbons (Fsp3) is 0.600. The summed E-state index contributed by atoms with van der Waals surface area (Å²) in [5.41, 5.74) is 1.25. The summed E-state index contributed by atoms with van der Waals surface area (Å²) in [7, 11) is 0. The van der Waals surface area contributed by atoms with Gasteiger partial charge < -0.3 is 6.08 Å². The molecule has 1 radical (unpaired) electrons. The van der Waals surface area contributed by atoms with Crippen molar-refractivity contribution >= 4 is 0 Å². The minimum absolute atomic E-state index is 0. The molecule has 0 amide bonds. The molecule has 0 unspecified atom stereocenters. The molecule has 1 heteroatoms. The molecule has 0 rings (SSSR count). The SMILES string of the molecule is C[C-]=C(C)C.[Y]. The molecule has 0 saturated heterocycles. The summed E-state index contributed by atoms with van der Waals surface area (Å²) in [5, 5.41) is 0. The van der Waals surface area contributed by atoms with Crippen LogP contribution in [0.4, 0.5) is 0 Å². The summed E-state index contributed by atoms with van der Waals surface area (Å²) in [5.74, 6) is 0. The third kappa shape index (κ3) is 8.85. The van der Waals surface area contributed by atoms with Crippen LogP contribution in [0.15, 0.2) is 5.57 Å². The van der Waals surface area contributed by atoms with Crippen molar-refractivity contribution in [3.05, 3.63) is 11.6 Å². The normalized spacial score (nSPS) is 5.83. The second-order valence-corrected chi connectivity index (χ2v) is 1.25. The van der Waals surface area contributed by atoms with Crippen LogP contribution in [-0.4, -0.2) is 0 Å². The van der Waals surface area contributed by atoms with E-state index in [4.69, 9.17) is 0 Å². The van der Waals surface area contributed by atoms with Crippen molar-refractivity contribution in [3.63, 3.8) is 0 Å². The summed E-state index contributed by atoms with van der Waals surface area (Å²) in [6.45, 7) is 5.97. The average Bonchev–Trinajstić information content (AvgIpc) is 1.38. The van der Waals surface area contributed by atoms with E-state index < -0.39 is 0 Å². The van der Waals surface area contributed by atoms with Gasteiger partial charge in [-0.15, -0.1) is 0 Å². The Morgan fingerprint density at radius 1 is 1.33 bits per heavy atom. The first-order chi connectivity index (χ1) is 2.27. The zero-order valence-corrected chi connectivity index (χ0v) is 7.42. The van der Waals surface area contributed by atoms with Crippen LogP contribution in [0.5, 0.6) is 0 Å². The largest absolute Gasteiger partial charge is 0.501 e. The van der Waals surface area contributed by atoms with E-state index in [0.717, 1.165) is 0 Å². The first-order valence-corrected chi connectivity index (χ1v) is 1.75. The van der Waals surface area contributed by atoms with Crippen molar-refractivity contribution < 1.29 is 32.7 Å². The zero-order chi connectivity index (χ0) is 4.28. The van der Waals surface area contributed by atoms with Crippen LogP contribution >= 0.6 is 0 Å². The molecule has 0 heterocycles. The Bertz CT molecular complexity index is 41.9. The van der Waals surface area contributed by atoms with Gasteiger partial charge in [0.25, 0.3) is 0 Å². The van der Waals surface area contributed by atoms with Gasteiger partial charge in [0.1, 0.15) is 0 Å². The smallest absolute Gasteiger partial charge is 0 e. The molecule has 6 heavy (non-hydrogen) atoms. The summed E-state index contributed by atoms with van der Waals surface area (Å²) in [4.78, 5) is 0. The van der Waals surface area contributed by atoms with Crippen molar-refractivity contribution in [1.29, 1.82) is 0 Å². The van der Waals surface area contributed by atoms with Crippen molar-refractivity contribution in [1.82, 2.24) is 0 Å². The van der Waals surface area contributed by atoms with E-state index >= 15 is 0 Å². The third-order valence-corrected chi connectivity index (χ3v) is 0.500. The van der Waals surface area contributed by atoms with Gasteiger partial charge in [-0.05, 0) is 0 Å². The number of hydrogen-bond acceptors (Lipinski definition) is 0. The maximum atomic E-state index is 2.94. The standard InChI is InChI=1S/C5H9.Y/c1-4-5(2)3;/h1-3H3;/q-1;. The first-order valence-electron chi connectivity index (χ1n) is 1.75. The van der Waals surface area contributed by atoms with Crippen molar-refractivity contribution in [2.45, 2.75) is 20.8 Å². The summed E-state index contributed by atoms with van der Waals surface area (Å²) < 4.78 is 0. The Morgan fingerprint density at radius 3 is 1.50 bits per heavy atom. The molecule has 0 aromatic rings.